The van der Waals surface area contributed by atoms with E-state index in [1.165, 1.54) is 18.5 Å². The summed E-state index contributed by atoms with van der Waals surface area (Å²) < 4.78 is 3.01. The van der Waals surface area contributed by atoms with E-state index in [4.69, 9.17) is 24.4 Å². The largest absolute Gasteiger partial charge is 0.366 e. The van der Waals surface area contributed by atoms with Gasteiger partial charge in [-0.3, -0.25) is 14.8 Å². The molecule has 2 heterocycles. The van der Waals surface area contributed by atoms with Gasteiger partial charge in [0.2, 0.25) is 0 Å². The van der Waals surface area contributed by atoms with Crippen LogP contribution < -0.4 is 4.90 Å². The summed E-state index contributed by atoms with van der Waals surface area (Å²) >= 11 is 10.5. The summed E-state index contributed by atoms with van der Waals surface area (Å²) in [5, 5.41) is 5.72. The van der Waals surface area contributed by atoms with Crippen LogP contribution in [0.25, 0.3) is 5.69 Å². The molecule has 0 saturated carbocycles. The molecular formula is C13H15N4S2. The van der Waals surface area contributed by atoms with Crippen LogP contribution in [-0.2, 0) is 0 Å². The Labute approximate surface area is 122 Å². The second kappa shape index (κ2) is 5.30. The van der Waals surface area contributed by atoms with E-state index in [0.717, 1.165) is 18.7 Å². The van der Waals surface area contributed by atoms with E-state index < -0.39 is 0 Å². The first-order valence-electron chi connectivity index (χ1n) is 6.36. The SMILES string of the molecule is S=c1[nH][nH]c(=S)n1-c1cccc(N2[CH]CCCC2)c1. The molecule has 3 rings (SSSR count). The molecule has 1 saturated heterocycles. The number of rotatable bonds is 2. The highest BCUT2D eigenvalue weighted by molar-refractivity contribution is 7.72. The third-order valence-corrected chi connectivity index (χ3v) is 3.87. The van der Waals surface area contributed by atoms with Gasteiger partial charge in [-0.25, -0.2) is 0 Å². The average Bonchev–Trinajstić information content (AvgIpc) is 2.79. The first kappa shape index (κ1) is 12.6. The summed E-state index contributed by atoms with van der Waals surface area (Å²) in [6.45, 7) is 3.34. The van der Waals surface area contributed by atoms with E-state index in [9.17, 15) is 0 Å². The number of hydrogen-bond donors (Lipinski definition) is 2. The second-order valence-electron chi connectivity index (χ2n) is 4.59. The van der Waals surface area contributed by atoms with Crippen LogP contribution in [0.4, 0.5) is 5.69 Å². The van der Waals surface area contributed by atoms with Crippen LogP contribution in [0, 0.1) is 16.1 Å². The molecular weight excluding hydrogens is 276 g/mol. The lowest BCUT2D eigenvalue weighted by Crippen LogP contribution is -2.25. The zero-order valence-corrected chi connectivity index (χ0v) is 12.1. The van der Waals surface area contributed by atoms with Gasteiger partial charge in [0.1, 0.15) is 0 Å². The first-order valence-corrected chi connectivity index (χ1v) is 7.17. The lowest BCUT2D eigenvalue weighted by atomic mass is 10.1. The van der Waals surface area contributed by atoms with Crippen molar-refractivity contribution in [3.63, 3.8) is 0 Å². The van der Waals surface area contributed by atoms with Crippen LogP contribution >= 0.6 is 24.4 Å². The molecule has 0 spiro atoms. The summed E-state index contributed by atoms with van der Waals surface area (Å²) in [4.78, 5) is 2.30. The summed E-state index contributed by atoms with van der Waals surface area (Å²) in [5.41, 5.74) is 2.18. The van der Waals surface area contributed by atoms with Gasteiger partial charge in [0, 0.05) is 18.8 Å². The Morgan fingerprint density at radius 3 is 2.42 bits per heavy atom. The van der Waals surface area contributed by atoms with Crippen LogP contribution in [0.15, 0.2) is 24.3 Å². The molecule has 1 aliphatic heterocycles. The summed E-state index contributed by atoms with van der Waals surface area (Å²) in [7, 11) is 0. The molecule has 19 heavy (non-hydrogen) atoms. The molecule has 1 aromatic heterocycles. The fraction of sp³-hybridized carbons (Fsp3) is 0.308. The highest BCUT2D eigenvalue weighted by Crippen LogP contribution is 2.24. The van der Waals surface area contributed by atoms with Crippen LogP contribution in [0.5, 0.6) is 0 Å². The van der Waals surface area contributed by atoms with E-state index in [1.54, 1.807) is 0 Å². The van der Waals surface area contributed by atoms with Crippen molar-refractivity contribution >= 4 is 30.1 Å². The van der Waals surface area contributed by atoms with Crippen molar-refractivity contribution in [2.24, 2.45) is 0 Å². The molecule has 0 unspecified atom stereocenters. The van der Waals surface area contributed by atoms with Crippen LogP contribution in [-0.4, -0.2) is 21.3 Å². The van der Waals surface area contributed by atoms with Crippen LogP contribution in [0.1, 0.15) is 19.3 Å². The Morgan fingerprint density at radius 2 is 1.74 bits per heavy atom. The molecule has 2 N–H and O–H groups in total. The Morgan fingerprint density at radius 1 is 1.00 bits per heavy atom. The lowest BCUT2D eigenvalue weighted by molar-refractivity contribution is 0.633. The fourth-order valence-electron chi connectivity index (χ4n) is 2.36. The molecule has 1 aliphatic rings. The molecule has 6 heteroatoms. The topological polar surface area (TPSA) is 39.8 Å². The molecule has 1 aromatic carbocycles. The van der Waals surface area contributed by atoms with Gasteiger partial charge in [0.05, 0.1) is 5.69 Å². The highest BCUT2D eigenvalue weighted by Gasteiger charge is 2.12. The van der Waals surface area contributed by atoms with E-state index in [0.29, 0.717) is 9.54 Å². The number of aromatic nitrogens is 3. The number of aromatic amines is 2. The minimum Gasteiger partial charge on any atom is -0.366 e. The molecule has 0 amide bonds. The van der Waals surface area contributed by atoms with Crippen molar-refractivity contribution in [2.45, 2.75) is 19.3 Å². The number of piperidine rings is 1. The third kappa shape index (κ3) is 2.50. The van der Waals surface area contributed by atoms with Gasteiger partial charge in [0.15, 0.2) is 9.54 Å². The van der Waals surface area contributed by atoms with E-state index in [-0.39, 0.29) is 0 Å². The smallest absolute Gasteiger partial charge is 0.198 e. The van der Waals surface area contributed by atoms with E-state index in [1.807, 2.05) is 16.7 Å². The molecule has 4 nitrogen and oxygen atoms in total. The number of anilines is 1. The highest BCUT2D eigenvalue weighted by atomic mass is 32.1. The van der Waals surface area contributed by atoms with Gasteiger partial charge in [-0.1, -0.05) is 6.07 Å². The first-order chi connectivity index (χ1) is 9.25. The maximum Gasteiger partial charge on any atom is 0.198 e. The Balaban J connectivity index is 2.00. The van der Waals surface area contributed by atoms with Gasteiger partial charge in [-0.2, -0.15) is 0 Å². The standard InChI is InChI=1S/C13H15N4S2/c18-12-14-15-13(19)17(12)11-6-4-5-10(9-11)16-7-2-1-3-8-16/h4-7,9H,1-3,8H2,(H,14,18)(H,15,19). The molecule has 99 valence electrons. The number of nitrogens with one attached hydrogen (secondary N) is 2. The predicted molar refractivity (Wildman–Crippen MR) is 81.6 cm³/mol. The van der Waals surface area contributed by atoms with Gasteiger partial charge in [-0.05, 0) is 61.9 Å². The minimum atomic E-state index is 0.588. The number of nitrogens with zero attached hydrogens (tertiary/aromatic N) is 2. The van der Waals surface area contributed by atoms with Crippen molar-refractivity contribution in [2.75, 3.05) is 11.4 Å². The summed E-state index contributed by atoms with van der Waals surface area (Å²) in [6, 6.07) is 8.29. The molecule has 1 fully saturated rings. The van der Waals surface area contributed by atoms with Gasteiger partial charge in [0.25, 0.3) is 0 Å². The number of H-pyrrole nitrogens is 2. The van der Waals surface area contributed by atoms with Crippen molar-refractivity contribution < 1.29 is 0 Å². The maximum absolute atomic E-state index is 5.24. The molecule has 0 atom stereocenters. The lowest BCUT2D eigenvalue weighted by Gasteiger charge is -2.28. The van der Waals surface area contributed by atoms with Crippen molar-refractivity contribution in [3.05, 3.63) is 40.4 Å². The zero-order chi connectivity index (χ0) is 13.2. The number of hydrogen-bond acceptors (Lipinski definition) is 3. The molecule has 1 radical (unpaired) electrons. The maximum atomic E-state index is 5.24. The fourth-order valence-corrected chi connectivity index (χ4v) is 2.91. The zero-order valence-electron chi connectivity index (χ0n) is 10.4. The van der Waals surface area contributed by atoms with Gasteiger partial charge >= 0.3 is 0 Å². The molecule has 0 bridgehead atoms. The third-order valence-electron chi connectivity index (χ3n) is 3.30. The second-order valence-corrected chi connectivity index (χ2v) is 5.36. The van der Waals surface area contributed by atoms with Crippen molar-refractivity contribution in [1.82, 2.24) is 14.8 Å². The van der Waals surface area contributed by atoms with Crippen molar-refractivity contribution in [1.29, 1.82) is 0 Å². The van der Waals surface area contributed by atoms with Gasteiger partial charge in [-0.15, -0.1) is 0 Å². The van der Waals surface area contributed by atoms with Crippen LogP contribution in [0.3, 0.4) is 0 Å². The summed E-state index contributed by atoms with van der Waals surface area (Å²) in [5.74, 6) is 0. The van der Waals surface area contributed by atoms with Crippen LogP contribution in [0.2, 0.25) is 0 Å². The number of benzene rings is 1. The predicted octanol–water partition coefficient (Wildman–Crippen LogP) is 3.74. The Bertz CT molecular complexity index is 649. The molecule has 2 aromatic rings. The minimum absolute atomic E-state index is 0.588. The quantitative estimate of drug-likeness (QED) is 0.828. The van der Waals surface area contributed by atoms with E-state index in [2.05, 4.69) is 33.8 Å². The van der Waals surface area contributed by atoms with Crippen molar-refractivity contribution in [3.8, 4) is 5.69 Å². The monoisotopic (exact) mass is 291 g/mol. The average molecular weight is 291 g/mol. The Kier molecular flexibility index (Phi) is 3.52. The summed E-state index contributed by atoms with van der Waals surface area (Å²) in [6.07, 6.45) is 3.67. The Hall–Kier alpha value is -1.40. The van der Waals surface area contributed by atoms with E-state index >= 15 is 0 Å². The van der Waals surface area contributed by atoms with Gasteiger partial charge < -0.3 is 4.90 Å². The molecule has 0 aliphatic carbocycles. The normalized spacial score (nSPS) is 15.7.